The largest absolute Gasteiger partial charge is 0.481 e. The molecule has 0 amide bonds. The molecule has 0 aliphatic carbocycles. The lowest BCUT2D eigenvalue weighted by Crippen LogP contribution is -2.30. The van der Waals surface area contributed by atoms with Crippen molar-refractivity contribution in [3.63, 3.8) is 0 Å². The molecular weight excluding hydrogens is 268 g/mol. The summed E-state index contributed by atoms with van der Waals surface area (Å²) in [5.74, 6) is 0.765. The van der Waals surface area contributed by atoms with Gasteiger partial charge in [-0.3, -0.25) is 9.58 Å². The molecule has 0 bridgehead atoms. The molecule has 0 aromatic carbocycles. The highest BCUT2D eigenvalue weighted by Crippen LogP contribution is 2.31. The molecule has 2 N–H and O–H groups in total. The Morgan fingerprint density at radius 3 is 2.67 bits per heavy atom. The summed E-state index contributed by atoms with van der Waals surface area (Å²) in [7, 11) is 7.51. The van der Waals surface area contributed by atoms with E-state index in [4.69, 9.17) is 10.5 Å². The molecule has 0 saturated carbocycles. The topological polar surface area (TPSA) is 74.1 Å². The van der Waals surface area contributed by atoms with Crippen molar-refractivity contribution in [2.45, 2.75) is 19.5 Å². The normalized spacial score (nSPS) is 12.9. The van der Waals surface area contributed by atoms with Crippen LogP contribution in [0.3, 0.4) is 0 Å². The lowest BCUT2D eigenvalue weighted by Gasteiger charge is -2.27. The first-order valence-electron chi connectivity index (χ1n) is 6.93. The van der Waals surface area contributed by atoms with Crippen LogP contribution in [0.4, 0.5) is 0 Å². The second-order valence-electron chi connectivity index (χ2n) is 5.32. The van der Waals surface area contributed by atoms with Crippen molar-refractivity contribution in [1.29, 1.82) is 0 Å². The summed E-state index contributed by atoms with van der Waals surface area (Å²) in [4.78, 5) is 2.20. The molecule has 2 aromatic rings. The van der Waals surface area contributed by atoms with Gasteiger partial charge in [-0.1, -0.05) is 0 Å². The van der Waals surface area contributed by atoms with Gasteiger partial charge in [-0.2, -0.15) is 10.2 Å². The predicted molar refractivity (Wildman–Crippen MR) is 81.0 cm³/mol. The van der Waals surface area contributed by atoms with E-state index in [1.165, 1.54) is 0 Å². The fourth-order valence-corrected chi connectivity index (χ4v) is 2.75. The first kappa shape index (κ1) is 15.5. The lowest BCUT2D eigenvalue weighted by atomic mass is 10.1. The number of methoxy groups -OCH3 is 1. The van der Waals surface area contributed by atoms with Crippen LogP contribution in [0.15, 0.2) is 12.4 Å². The smallest absolute Gasteiger partial charge is 0.216 e. The second kappa shape index (κ2) is 6.28. The minimum Gasteiger partial charge on any atom is -0.481 e. The summed E-state index contributed by atoms with van der Waals surface area (Å²) in [5.41, 5.74) is 9.16. The highest BCUT2D eigenvalue weighted by Gasteiger charge is 2.25. The van der Waals surface area contributed by atoms with Gasteiger partial charge in [0.25, 0.3) is 0 Å². The second-order valence-corrected chi connectivity index (χ2v) is 5.32. The van der Waals surface area contributed by atoms with Crippen LogP contribution in [0.5, 0.6) is 5.88 Å². The Labute approximate surface area is 125 Å². The van der Waals surface area contributed by atoms with Crippen LogP contribution in [0, 0.1) is 6.92 Å². The summed E-state index contributed by atoms with van der Waals surface area (Å²) < 4.78 is 9.04. The summed E-state index contributed by atoms with van der Waals surface area (Å²) >= 11 is 0. The Balaban J connectivity index is 2.26. The standard InChI is InChI=1S/C14H24N6O/c1-10-13(14(21-5)20(4)17-10)12(6-15)18(2)8-11-7-16-19(3)9-11/h7,9,12H,6,8,15H2,1-5H3. The summed E-state index contributed by atoms with van der Waals surface area (Å²) in [5, 5.41) is 8.64. The maximum absolute atomic E-state index is 6.01. The average Bonchev–Trinajstić information content (AvgIpc) is 2.95. The number of likely N-dealkylation sites (N-methyl/N-ethyl adjacent to an activating group) is 1. The first-order chi connectivity index (χ1) is 9.97. The van der Waals surface area contributed by atoms with Crippen molar-refractivity contribution in [2.75, 3.05) is 20.7 Å². The van der Waals surface area contributed by atoms with Crippen molar-refractivity contribution in [3.05, 3.63) is 29.2 Å². The van der Waals surface area contributed by atoms with E-state index < -0.39 is 0 Å². The molecular formula is C14H24N6O. The molecule has 0 aliphatic rings. The average molecular weight is 292 g/mol. The van der Waals surface area contributed by atoms with Crippen molar-refractivity contribution >= 4 is 0 Å². The third kappa shape index (κ3) is 3.08. The SMILES string of the molecule is COc1c(C(CN)N(C)Cc2cnn(C)c2)c(C)nn1C. The van der Waals surface area contributed by atoms with Crippen LogP contribution >= 0.6 is 0 Å². The number of ether oxygens (including phenoxy) is 1. The van der Waals surface area contributed by atoms with Gasteiger partial charge in [0.05, 0.1) is 30.6 Å². The van der Waals surface area contributed by atoms with Crippen LogP contribution < -0.4 is 10.5 Å². The van der Waals surface area contributed by atoms with Crippen LogP contribution in [-0.2, 0) is 20.6 Å². The number of aromatic nitrogens is 4. The third-order valence-corrected chi connectivity index (χ3v) is 3.69. The molecule has 0 fully saturated rings. The first-order valence-corrected chi connectivity index (χ1v) is 6.93. The zero-order valence-corrected chi connectivity index (χ0v) is 13.4. The summed E-state index contributed by atoms with van der Waals surface area (Å²) in [6.45, 7) is 3.26. The van der Waals surface area contributed by atoms with Gasteiger partial charge < -0.3 is 10.5 Å². The van der Waals surface area contributed by atoms with Crippen molar-refractivity contribution in [3.8, 4) is 5.88 Å². The van der Waals surface area contributed by atoms with E-state index in [1.807, 2.05) is 33.4 Å². The Morgan fingerprint density at radius 2 is 2.14 bits per heavy atom. The Morgan fingerprint density at radius 1 is 1.43 bits per heavy atom. The molecule has 7 heteroatoms. The number of hydrogen-bond donors (Lipinski definition) is 1. The van der Waals surface area contributed by atoms with Crippen LogP contribution in [-0.4, -0.2) is 45.2 Å². The van der Waals surface area contributed by atoms with Gasteiger partial charge in [0.1, 0.15) is 0 Å². The van der Waals surface area contributed by atoms with E-state index in [1.54, 1.807) is 16.5 Å². The van der Waals surface area contributed by atoms with Crippen LogP contribution in [0.25, 0.3) is 0 Å². The Bertz CT molecular complexity index is 603. The molecule has 0 saturated heterocycles. The molecule has 1 unspecified atom stereocenters. The predicted octanol–water partition coefficient (Wildman–Crippen LogP) is 0.602. The third-order valence-electron chi connectivity index (χ3n) is 3.69. The Kier molecular flexibility index (Phi) is 4.64. The maximum Gasteiger partial charge on any atom is 0.216 e. The number of rotatable bonds is 6. The Hall–Kier alpha value is -1.86. The van der Waals surface area contributed by atoms with E-state index in [-0.39, 0.29) is 6.04 Å². The van der Waals surface area contributed by atoms with Crippen molar-refractivity contribution in [1.82, 2.24) is 24.5 Å². The molecule has 0 radical (unpaired) electrons. The number of nitrogens with zero attached hydrogens (tertiary/aromatic N) is 5. The lowest BCUT2D eigenvalue weighted by molar-refractivity contribution is 0.234. The van der Waals surface area contributed by atoms with Gasteiger partial charge in [0, 0.05) is 38.9 Å². The summed E-state index contributed by atoms with van der Waals surface area (Å²) in [6.07, 6.45) is 3.88. The van der Waals surface area contributed by atoms with Crippen molar-refractivity contribution in [2.24, 2.45) is 19.8 Å². The maximum atomic E-state index is 6.01. The van der Waals surface area contributed by atoms with Gasteiger partial charge in [0.15, 0.2) is 0 Å². The van der Waals surface area contributed by atoms with E-state index >= 15 is 0 Å². The minimum absolute atomic E-state index is 0.0499. The molecule has 21 heavy (non-hydrogen) atoms. The quantitative estimate of drug-likeness (QED) is 0.844. The number of aryl methyl sites for hydroxylation is 3. The zero-order valence-electron chi connectivity index (χ0n) is 13.4. The molecule has 2 aromatic heterocycles. The minimum atomic E-state index is 0.0499. The van der Waals surface area contributed by atoms with Gasteiger partial charge >= 0.3 is 0 Å². The highest BCUT2D eigenvalue weighted by atomic mass is 16.5. The van der Waals surface area contributed by atoms with E-state index in [0.29, 0.717) is 6.54 Å². The molecule has 2 rings (SSSR count). The fraction of sp³-hybridized carbons (Fsp3) is 0.571. The molecule has 0 spiro atoms. The molecule has 116 valence electrons. The monoisotopic (exact) mass is 292 g/mol. The number of hydrogen-bond acceptors (Lipinski definition) is 5. The molecule has 0 aliphatic heterocycles. The van der Waals surface area contributed by atoms with Crippen LogP contribution in [0.1, 0.15) is 22.9 Å². The van der Waals surface area contributed by atoms with E-state index in [9.17, 15) is 0 Å². The summed E-state index contributed by atoms with van der Waals surface area (Å²) in [6, 6.07) is 0.0499. The molecule has 1 atom stereocenters. The van der Waals surface area contributed by atoms with Gasteiger partial charge in [-0.15, -0.1) is 0 Å². The van der Waals surface area contributed by atoms with E-state index in [2.05, 4.69) is 22.1 Å². The van der Waals surface area contributed by atoms with E-state index in [0.717, 1.165) is 29.2 Å². The van der Waals surface area contributed by atoms with Gasteiger partial charge in [-0.25, -0.2) is 4.68 Å². The zero-order chi connectivity index (χ0) is 15.6. The number of nitrogens with two attached hydrogens (primary N) is 1. The highest BCUT2D eigenvalue weighted by molar-refractivity contribution is 5.34. The van der Waals surface area contributed by atoms with Crippen molar-refractivity contribution < 1.29 is 4.74 Å². The fourth-order valence-electron chi connectivity index (χ4n) is 2.75. The van der Waals surface area contributed by atoms with Gasteiger partial charge in [-0.05, 0) is 14.0 Å². The molecule has 2 heterocycles. The van der Waals surface area contributed by atoms with Gasteiger partial charge in [0.2, 0.25) is 5.88 Å². The van der Waals surface area contributed by atoms with Crippen LogP contribution in [0.2, 0.25) is 0 Å². The molecule has 7 nitrogen and oxygen atoms in total.